The highest BCUT2D eigenvalue weighted by Crippen LogP contribution is 2.43. The summed E-state index contributed by atoms with van der Waals surface area (Å²) in [5.41, 5.74) is 0. The topological polar surface area (TPSA) is 175 Å². The van der Waals surface area contributed by atoms with Gasteiger partial charge in [0.05, 0.1) is 58.2 Å². The van der Waals surface area contributed by atoms with Crippen LogP contribution in [-0.4, -0.2) is 113 Å². The minimum atomic E-state index is -4.41. The number of phosphoric acid groups is 1. The molecule has 0 spiro atoms. The fourth-order valence-corrected chi connectivity index (χ4v) is 7.46. The van der Waals surface area contributed by atoms with Gasteiger partial charge in [-0.3, -0.25) is 13.8 Å². The molecule has 1 amide bonds. The number of nitrogens with one attached hydrogen (secondary N) is 1. The van der Waals surface area contributed by atoms with Gasteiger partial charge in [-0.2, -0.15) is 0 Å². The van der Waals surface area contributed by atoms with Crippen LogP contribution in [0.2, 0.25) is 0 Å². The third kappa shape index (κ3) is 29.4. The van der Waals surface area contributed by atoms with Crippen molar-refractivity contribution in [1.29, 1.82) is 0 Å². The molecule has 334 valence electrons. The third-order valence-electron chi connectivity index (χ3n) is 10.4. The second-order valence-electron chi connectivity index (χ2n) is 17.0. The molecule has 0 aliphatic carbocycles. The number of rotatable bonds is 35. The summed E-state index contributed by atoms with van der Waals surface area (Å²) in [6.45, 7) is 4.45. The fourth-order valence-electron chi connectivity index (χ4n) is 6.73. The highest BCUT2D eigenvalue weighted by atomic mass is 31.2. The van der Waals surface area contributed by atoms with E-state index in [1.54, 1.807) is 18.2 Å². The zero-order valence-corrected chi connectivity index (χ0v) is 37.2. The molecule has 8 atom stereocenters. The summed E-state index contributed by atoms with van der Waals surface area (Å²) in [5.74, 6) is -0.613. The first-order chi connectivity index (χ1) is 27.2. The van der Waals surface area contributed by atoms with E-state index in [0.29, 0.717) is 36.7 Å². The summed E-state index contributed by atoms with van der Waals surface area (Å²) in [5, 5.41) is 44.8. The van der Waals surface area contributed by atoms with Crippen LogP contribution in [0.4, 0.5) is 0 Å². The van der Waals surface area contributed by atoms with Gasteiger partial charge < -0.3 is 39.9 Å². The van der Waals surface area contributed by atoms with Crippen LogP contribution in [0.5, 0.6) is 0 Å². The molecule has 13 heteroatoms. The molecular formula is C44H84N2O10P+. The number of carbonyl (C=O) groups is 1. The van der Waals surface area contributed by atoms with Gasteiger partial charge in [-0.15, -0.1) is 0 Å². The average molecular weight is 832 g/mol. The predicted molar refractivity (Wildman–Crippen MR) is 229 cm³/mol. The Morgan fingerprint density at radius 1 is 0.825 bits per heavy atom. The summed E-state index contributed by atoms with van der Waals surface area (Å²) in [6.07, 6.45) is 28.2. The second-order valence-corrected chi connectivity index (χ2v) is 18.4. The molecule has 6 N–H and O–H groups in total. The van der Waals surface area contributed by atoms with Crippen molar-refractivity contribution in [2.45, 2.75) is 192 Å². The van der Waals surface area contributed by atoms with E-state index in [0.717, 1.165) is 38.5 Å². The van der Waals surface area contributed by atoms with Crippen molar-refractivity contribution in [3.8, 4) is 0 Å². The van der Waals surface area contributed by atoms with Gasteiger partial charge in [-0.25, -0.2) is 4.57 Å². The second kappa shape index (κ2) is 32.3. The normalized spacial score (nSPS) is 22.0. The third-order valence-corrected chi connectivity index (χ3v) is 11.4. The Morgan fingerprint density at radius 2 is 1.42 bits per heavy atom. The molecule has 1 fully saturated rings. The van der Waals surface area contributed by atoms with Gasteiger partial charge in [-0.1, -0.05) is 140 Å². The zero-order chi connectivity index (χ0) is 42.4. The number of carbonyl (C=O) groups excluding carboxylic acids is 1. The number of aliphatic hydroxyl groups excluding tert-OH is 4. The highest BCUT2D eigenvalue weighted by molar-refractivity contribution is 7.47. The molecule has 1 aliphatic rings. The van der Waals surface area contributed by atoms with Crippen molar-refractivity contribution in [1.82, 2.24) is 5.32 Å². The Morgan fingerprint density at radius 3 is 2.05 bits per heavy atom. The lowest BCUT2D eigenvalue weighted by Gasteiger charge is -2.36. The maximum absolute atomic E-state index is 13.0. The van der Waals surface area contributed by atoms with Gasteiger partial charge in [0.1, 0.15) is 13.2 Å². The fraction of sp³-hybridized carbons (Fsp3) is 0.841. The van der Waals surface area contributed by atoms with Crippen molar-refractivity contribution in [3.05, 3.63) is 36.5 Å². The van der Waals surface area contributed by atoms with Crippen LogP contribution in [0.3, 0.4) is 0 Å². The summed E-state index contributed by atoms with van der Waals surface area (Å²) in [7, 11) is 1.40. The molecule has 0 aromatic heterocycles. The molecule has 0 radical (unpaired) electrons. The van der Waals surface area contributed by atoms with Gasteiger partial charge in [0.25, 0.3) is 0 Å². The minimum Gasteiger partial charge on any atom is -0.393 e. The Labute approximate surface area is 346 Å². The molecule has 1 saturated heterocycles. The van der Waals surface area contributed by atoms with Crippen LogP contribution in [0.25, 0.3) is 0 Å². The molecule has 0 aromatic rings. The van der Waals surface area contributed by atoms with Gasteiger partial charge in [0, 0.05) is 18.8 Å². The molecule has 1 rings (SSSR count). The Hall–Kier alpha value is -1.44. The van der Waals surface area contributed by atoms with E-state index in [1.807, 2.05) is 39.4 Å². The lowest BCUT2D eigenvalue weighted by atomic mass is 9.87. The first-order valence-electron chi connectivity index (χ1n) is 22.3. The number of quaternary nitrogens is 1. The summed E-state index contributed by atoms with van der Waals surface area (Å²) in [4.78, 5) is 23.3. The maximum atomic E-state index is 13.0. The maximum Gasteiger partial charge on any atom is 0.472 e. The first kappa shape index (κ1) is 53.6. The SMILES string of the molecule is CCCCCCCCCCCCCC/C=C/[C@@H](O)[C@H](COP(=O)(O)OCC[N+](C)(C)C)NC(=O)CCC/C=C\C[C@H]1[C@@H](O)CC(O)O[C@@H]1/C=C/[C@@H](O)CCCCC. The van der Waals surface area contributed by atoms with E-state index in [4.69, 9.17) is 13.8 Å². The molecule has 0 aromatic carbocycles. The van der Waals surface area contributed by atoms with Gasteiger partial charge in [-0.05, 0) is 38.5 Å². The van der Waals surface area contributed by atoms with Crippen molar-refractivity contribution in [2.75, 3.05) is 40.9 Å². The lowest BCUT2D eigenvalue weighted by molar-refractivity contribution is -0.870. The largest absolute Gasteiger partial charge is 0.472 e. The van der Waals surface area contributed by atoms with E-state index in [2.05, 4.69) is 19.2 Å². The van der Waals surface area contributed by atoms with Crippen LogP contribution in [0.15, 0.2) is 36.5 Å². The number of hydrogen-bond acceptors (Lipinski definition) is 9. The van der Waals surface area contributed by atoms with Crippen molar-refractivity contribution >= 4 is 13.7 Å². The average Bonchev–Trinajstić information content (AvgIpc) is 3.14. The molecule has 1 aliphatic heterocycles. The monoisotopic (exact) mass is 832 g/mol. The molecule has 0 saturated carbocycles. The van der Waals surface area contributed by atoms with Crippen LogP contribution < -0.4 is 5.32 Å². The smallest absolute Gasteiger partial charge is 0.393 e. The Bertz CT molecular complexity index is 1150. The quantitative estimate of drug-likeness (QED) is 0.0159. The van der Waals surface area contributed by atoms with Crippen LogP contribution >= 0.6 is 7.82 Å². The van der Waals surface area contributed by atoms with Crippen molar-refractivity contribution in [2.24, 2.45) is 5.92 Å². The molecule has 0 bridgehead atoms. The standard InChI is InChI=1S/C44H83N2O10P/c1-6-8-10-11-12-13-14-15-16-17-18-19-20-25-29-40(48)39(36-55-57(52,53)54-34-33-46(3,4)5)45-43(50)30-26-22-21-24-28-38-41(49)35-44(51)56-42(38)32-31-37(47)27-23-9-7-2/h21,24-25,29,31-32,37-42,44,47-49,51H,6-20,22-23,26-28,30,33-36H2,1-5H3,(H-,45,50,52,53)/p+1/b24-21-,29-25+,32-31+/t37-,38-,39-,40+,41-,42+,44?/m0/s1. The number of likely N-dealkylation sites (N-methyl/N-ethyl adjacent to an activating group) is 1. The summed E-state index contributed by atoms with van der Waals surface area (Å²) in [6, 6.07) is -0.952. The van der Waals surface area contributed by atoms with Crippen molar-refractivity contribution in [3.63, 3.8) is 0 Å². The van der Waals surface area contributed by atoms with Crippen LogP contribution in [0.1, 0.15) is 155 Å². The first-order valence-corrected chi connectivity index (χ1v) is 23.8. The van der Waals surface area contributed by atoms with Gasteiger partial charge >= 0.3 is 7.82 Å². The van der Waals surface area contributed by atoms with Crippen LogP contribution in [0, 0.1) is 5.92 Å². The minimum absolute atomic E-state index is 0.0115. The highest BCUT2D eigenvalue weighted by Gasteiger charge is 2.35. The van der Waals surface area contributed by atoms with Gasteiger partial charge in [0.15, 0.2) is 6.29 Å². The molecule has 12 nitrogen and oxygen atoms in total. The van der Waals surface area contributed by atoms with Gasteiger partial charge in [0.2, 0.25) is 5.91 Å². The number of unbranched alkanes of at least 4 members (excludes halogenated alkanes) is 15. The van der Waals surface area contributed by atoms with E-state index in [-0.39, 0.29) is 31.3 Å². The zero-order valence-electron chi connectivity index (χ0n) is 36.4. The molecule has 2 unspecified atom stereocenters. The lowest BCUT2D eigenvalue weighted by Crippen LogP contribution is -2.45. The van der Waals surface area contributed by atoms with Crippen molar-refractivity contribution < 1.29 is 52.9 Å². The number of amides is 1. The Balaban J connectivity index is 2.62. The number of ether oxygens (including phenoxy) is 1. The summed E-state index contributed by atoms with van der Waals surface area (Å²) < 4.78 is 29.2. The van der Waals surface area contributed by atoms with E-state index in [9.17, 15) is 34.7 Å². The number of aliphatic hydroxyl groups is 4. The molecule has 1 heterocycles. The number of allylic oxidation sites excluding steroid dienone is 3. The summed E-state index contributed by atoms with van der Waals surface area (Å²) >= 11 is 0. The Kier molecular flexibility index (Phi) is 30.4. The molecular weight excluding hydrogens is 747 g/mol. The molecule has 57 heavy (non-hydrogen) atoms. The number of nitrogens with zero attached hydrogens (tertiary/aromatic N) is 1. The van der Waals surface area contributed by atoms with E-state index < -0.39 is 51.2 Å². The van der Waals surface area contributed by atoms with E-state index >= 15 is 0 Å². The number of hydrogen-bond donors (Lipinski definition) is 6. The van der Waals surface area contributed by atoms with Crippen LogP contribution in [-0.2, 0) is 23.1 Å². The number of phosphoric ester groups is 1. The predicted octanol–water partition coefficient (Wildman–Crippen LogP) is 8.02. The van der Waals surface area contributed by atoms with E-state index in [1.165, 1.54) is 64.2 Å².